The zero-order valence-electron chi connectivity index (χ0n) is 20.3. The van der Waals surface area contributed by atoms with Gasteiger partial charge in [0.1, 0.15) is 0 Å². The predicted octanol–water partition coefficient (Wildman–Crippen LogP) is 3.21. The van der Waals surface area contributed by atoms with Crippen LogP contribution in [0.1, 0.15) is 24.0 Å². The molecule has 0 radical (unpaired) electrons. The fraction of sp³-hybridized carbons (Fsp3) is 0.500. The molecular weight excluding hydrogens is 418 g/mol. The van der Waals surface area contributed by atoms with E-state index in [1.54, 1.807) is 0 Å². The number of ether oxygens (including phenoxy) is 2. The monoisotopic (exact) mass is 455 g/mol. The van der Waals surface area contributed by atoms with Crippen molar-refractivity contribution < 1.29 is 19.4 Å². The number of piperidine rings is 1. The van der Waals surface area contributed by atoms with Crippen molar-refractivity contribution in [2.75, 3.05) is 54.5 Å². The van der Waals surface area contributed by atoms with E-state index < -0.39 is 0 Å². The van der Waals surface area contributed by atoms with Crippen LogP contribution in [0.25, 0.3) is 0 Å². The minimum absolute atomic E-state index is 0.0179. The summed E-state index contributed by atoms with van der Waals surface area (Å²) in [6, 6.07) is 13.9. The minimum Gasteiger partial charge on any atom is -0.502 e. The van der Waals surface area contributed by atoms with Gasteiger partial charge in [-0.3, -0.25) is 9.69 Å². The molecule has 0 bridgehead atoms. The Bertz CT molecular complexity index is 871. The third-order valence-corrected chi connectivity index (χ3v) is 6.23. The first-order chi connectivity index (χ1) is 15.9. The van der Waals surface area contributed by atoms with Crippen molar-refractivity contribution in [2.45, 2.75) is 25.9 Å². The van der Waals surface area contributed by atoms with Crippen LogP contribution in [0.15, 0.2) is 42.5 Å². The molecule has 7 heteroatoms. The molecule has 0 aliphatic carbocycles. The fourth-order valence-electron chi connectivity index (χ4n) is 4.29. The molecule has 0 atom stereocenters. The number of nitrogens with zero attached hydrogens (tertiary/aromatic N) is 3. The summed E-state index contributed by atoms with van der Waals surface area (Å²) >= 11 is 0. The summed E-state index contributed by atoms with van der Waals surface area (Å²) in [6.45, 7) is 4.67. The van der Waals surface area contributed by atoms with Gasteiger partial charge >= 0.3 is 0 Å². The van der Waals surface area contributed by atoms with Gasteiger partial charge in [-0.25, -0.2) is 0 Å². The molecule has 1 heterocycles. The first-order valence-corrected chi connectivity index (χ1v) is 11.5. The van der Waals surface area contributed by atoms with Crippen LogP contribution in [-0.4, -0.2) is 80.2 Å². The van der Waals surface area contributed by atoms with Crippen LogP contribution in [0.5, 0.6) is 17.2 Å². The number of hydrogen-bond donors (Lipinski definition) is 1. The number of methoxy groups -OCH3 is 2. The van der Waals surface area contributed by atoms with Gasteiger partial charge in [0.15, 0.2) is 11.5 Å². The van der Waals surface area contributed by atoms with Gasteiger partial charge < -0.3 is 24.4 Å². The molecule has 1 aliphatic heterocycles. The third-order valence-electron chi connectivity index (χ3n) is 6.23. The average molecular weight is 456 g/mol. The first-order valence-electron chi connectivity index (χ1n) is 11.5. The molecule has 0 saturated carbocycles. The molecule has 0 unspecified atom stereocenters. The SMILES string of the molecule is COc1cc(CN2CCC(C(=O)N(CCN(C)C)Cc3ccccc3)CC2)cc(OC)c1O. The Morgan fingerprint density at radius 2 is 1.61 bits per heavy atom. The van der Waals surface area contributed by atoms with Gasteiger partial charge in [-0.2, -0.15) is 0 Å². The average Bonchev–Trinajstić information content (AvgIpc) is 2.83. The van der Waals surface area contributed by atoms with Crippen molar-refractivity contribution >= 4 is 5.91 Å². The van der Waals surface area contributed by atoms with E-state index in [-0.39, 0.29) is 17.6 Å². The highest BCUT2D eigenvalue weighted by Crippen LogP contribution is 2.37. The minimum atomic E-state index is 0.0179. The Hall–Kier alpha value is -2.77. The van der Waals surface area contributed by atoms with Crippen molar-refractivity contribution in [1.29, 1.82) is 0 Å². The lowest BCUT2D eigenvalue weighted by Gasteiger charge is -2.35. The zero-order chi connectivity index (χ0) is 23.8. The molecule has 0 aromatic heterocycles. The van der Waals surface area contributed by atoms with Crippen LogP contribution in [0, 0.1) is 5.92 Å². The van der Waals surface area contributed by atoms with E-state index in [4.69, 9.17) is 9.47 Å². The molecular formula is C26H37N3O4. The smallest absolute Gasteiger partial charge is 0.226 e. The normalized spacial score (nSPS) is 14.9. The van der Waals surface area contributed by atoms with E-state index in [1.807, 2.05) is 49.3 Å². The van der Waals surface area contributed by atoms with Crippen LogP contribution in [-0.2, 0) is 17.9 Å². The fourth-order valence-corrected chi connectivity index (χ4v) is 4.29. The number of amides is 1. The standard InChI is InChI=1S/C26H37N3O4/c1-27(2)14-15-29(19-20-8-6-5-7-9-20)26(31)22-10-12-28(13-11-22)18-21-16-23(32-3)25(30)24(17-21)33-4/h5-9,16-17,22,30H,10-15,18-19H2,1-4H3. The number of rotatable bonds is 10. The second kappa shape index (κ2) is 11.9. The van der Waals surface area contributed by atoms with Crippen molar-refractivity contribution in [3.05, 3.63) is 53.6 Å². The van der Waals surface area contributed by atoms with Crippen LogP contribution >= 0.6 is 0 Å². The number of likely N-dealkylation sites (tertiary alicyclic amines) is 1. The maximum atomic E-state index is 13.4. The summed E-state index contributed by atoms with van der Waals surface area (Å²) in [4.78, 5) is 19.9. The van der Waals surface area contributed by atoms with Crippen molar-refractivity contribution in [3.63, 3.8) is 0 Å². The number of likely N-dealkylation sites (N-methyl/N-ethyl adjacent to an activating group) is 1. The second-order valence-corrected chi connectivity index (χ2v) is 8.95. The lowest BCUT2D eigenvalue weighted by atomic mass is 9.94. The lowest BCUT2D eigenvalue weighted by Crippen LogP contribution is -2.44. The van der Waals surface area contributed by atoms with E-state index in [9.17, 15) is 9.90 Å². The number of phenolic OH excluding ortho intramolecular Hbond substituents is 1. The molecule has 1 N–H and O–H groups in total. The number of aromatic hydroxyl groups is 1. The lowest BCUT2D eigenvalue weighted by molar-refractivity contribution is -0.138. The highest BCUT2D eigenvalue weighted by molar-refractivity contribution is 5.79. The number of carbonyl (C=O) groups is 1. The summed E-state index contributed by atoms with van der Waals surface area (Å²) in [5, 5.41) is 10.1. The van der Waals surface area contributed by atoms with Gasteiger partial charge in [-0.05, 0) is 63.3 Å². The van der Waals surface area contributed by atoms with Crippen molar-refractivity contribution in [2.24, 2.45) is 5.92 Å². The van der Waals surface area contributed by atoms with Crippen molar-refractivity contribution in [1.82, 2.24) is 14.7 Å². The highest BCUT2D eigenvalue weighted by atomic mass is 16.5. The molecule has 1 amide bonds. The summed E-state index contributed by atoms with van der Waals surface area (Å²) in [7, 11) is 7.15. The maximum absolute atomic E-state index is 13.4. The van der Waals surface area contributed by atoms with Gasteiger partial charge in [0, 0.05) is 32.1 Å². The van der Waals surface area contributed by atoms with Crippen LogP contribution in [0.2, 0.25) is 0 Å². The Morgan fingerprint density at radius 3 is 2.15 bits per heavy atom. The van der Waals surface area contributed by atoms with Crippen LogP contribution < -0.4 is 9.47 Å². The summed E-state index contributed by atoms with van der Waals surface area (Å²) in [5.41, 5.74) is 2.18. The number of benzene rings is 2. The molecule has 2 aromatic carbocycles. The van der Waals surface area contributed by atoms with Gasteiger partial charge in [-0.1, -0.05) is 30.3 Å². The Labute approximate surface area is 197 Å². The summed E-state index contributed by atoms with van der Waals surface area (Å²) in [5.74, 6) is 1.15. The topological polar surface area (TPSA) is 65.5 Å². The Kier molecular flexibility index (Phi) is 8.97. The largest absolute Gasteiger partial charge is 0.502 e. The molecule has 7 nitrogen and oxygen atoms in total. The van der Waals surface area contributed by atoms with E-state index in [2.05, 4.69) is 21.9 Å². The van der Waals surface area contributed by atoms with E-state index in [1.165, 1.54) is 14.2 Å². The highest BCUT2D eigenvalue weighted by Gasteiger charge is 2.29. The summed E-state index contributed by atoms with van der Waals surface area (Å²) < 4.78 is 10.6. The summed E-state index contributed by atoms with van der Waals surface area (Å²) in [6.07, 6.45) is 1.69. The molecule has 3 rings (SSSR count). The molecule has 2 aromatic rings. The molecule has 180 valence electrons. The van der Waals surface area contributed by atoms with Crippen LogP contribution in [0.3, 0.4) is 0 Å². The molecule has 1 saturated heterocycles. The molecule has 1 fully saturated rings. The van der Waals surface area contributed by atoms with Crippen molar-refractivity contribution in [3.8, 4) is 17.2 Å². The number of phenols is 1. The molecule has 0 spiro atoms. The quantitative estimate of drug-likeness (QED) is 0.594. The number of hydrogen-bond acceptors (Lipinski definition) is 6. The van der Waals surface area contributed by atoms with Gasteiger partial charge in [0.2, 0.25) is 11.7 Å². The zero-order valence-corrected chi connectivity index (χ0v) is 20.3. The molecule has 33 heavy (non-hydrogen) atoms. The Balaban J connectivity index is 1.60. The van der Waals surface area contributed by atoms with Gasteiger partial charge in [0.05, 0.1) is 14.2 Å². The van der Waals surface area contributed by atoms with Gasteiger partial charge in [0.25, 0.3) is 0 Å². The number of carbonyl (C=O) groups excluding carboxylic acids is 1. The maximum Gasteiger partial charge on any atom is 0.226 e. The first kappa shape index (κ1) is 24.9. The van der Waals surface area contributed by atoms with E-state index in [0.29, 0.717) is 18.0 Å². The van der Waals surface area contributed by atoms with E-state index in [0.717, 1.165) is 56.7 Å². The predicted molar refractivity (Wildman–Crippen MR) is 130 cm³/mol. The third kappa shape index (κ3) is 6.85. The van der Waals surface area contributed by atoms with E-state index >= 15 is 0 Å². The van der Waals surface area contributed by atoms with Crippen LogP contribution in [0.4, 0.5) is 0 Å². The van der Waals surface area contributed by atoms with Gasteiger partial charge in [-0.15, -0.1) is 0 Å². The Morgan fingerprint density at radius 1 is 1.00 bits per heavy atom. The molecule has 1 aliphatic rings. The second-order valence-electron chi connectivity index (χ2n) is 8.95.